The van der Waals surface area contributed by atoms with E-state index in [1.54, 1.807) is 29.0 Å². The Hall–Kier alpha value is -1.67. The van der Waals surface area contributed by atoms with Crippen LogP contribution in [0.25, 0.3) is 0 Å². The maximum atomic E-state index is 4.76. The van der Waals surface area contributed by atoms with E-state index in [1.165, 1.54) is 25.0 Å². The van der Waals surface area contributed by atoms with E-state index >= 15 is 0 Å². The van der Waals surface area contributed by atoms with Crippen molar-refractivity contribution in [1.82, 2.24) is 29.9 Å². The molecule has 3 heterocycles. The third kappa shape index (κ3) is 3.95. The van der Waals surface area contributed by atoms with Crippen molar-refractivity contribution in [2.45, 2.75) is 36.9 Å². The monoisotopic (exact) mass is 359 g/mol. The number of nitrogens with zero attached hydrogens (tertiary/aromatic N) is 7. The quantitative estimate of drug-likeness (QED) is 0.576. The van der Waals surface area contributed by atoms with Crippen molar-refractivity contribution >= 4 is 17.6 Å². The highest BCUT2D eigenvalue weighted by atomic mass is 32.2. The van der Waals surface area contributed by atoms with E-state index in [0.717, 1.165) is 50.2 Å². The lowest BCUT2D eigenvalue weighted by Crippen LogP contribution is -2.47. The number of rotatable bonds is 6. The van der Waals surface area contributed by atoms with Gasteiger partial charge >= 0.3 is 0 Å². The highest BCUT2D eigenvalue weighted by molar-refractivity contribution is 7.98. The van der Waals surface area contributed by atoms with E-state index in [4.69, 9.17) is 9.97 Å². The summed E-state index contributed by atoms with van der Waals surface area (Å²) < 4.78 is 0. The van der Waals surface area contributed by atoms with Gasteiger partial charge in [0.1, 0.15) is 5.82 Å². The molecule has 0 radical (unpaired) electrons. The van der Waals surface area contributed by atoms with Crippen LogP contribution in [0.1, 0.15) is 30.9 Å². The smallest absolute Gasteiger partial charge is 0.189 e. The van der Waals surface area contributed by atoms with Crippen molar-refractivity contribution < 1.29 is 0 Å². The molecule has 1 aliphatic carbocycles. The predicted molar refractivity (Wildman–Crippen MR) is 99.1 cm³/mol. The molecule has 7 nitrogen and oxygen atoms in total. The molecular formula is C17H25N7S. The average Bonchev–Trinajstić information content (AvgIpc) is 3.12. The van der Waals surface area contributed by atoms with Gasteiger partial charge in [0.15, 0.2) is 5.16 Å². The van der Waals surface area contributed by atoms with Crippen LogP contribution in [0.5, 0.6) is 0 Å². The molecule has 0 bridgehead atoms. The lowest BCUT2D eigenvalue weighted by Gasteiger charge is -2.36. The van der Waals surface area contributed by atoms with Crippen LogP contribution in [0.2, 0.25) is 0 Å². The fourth-order valence-corrected chi connectivity index (χ4v) is 3.77. The molecule has 0 spiro atoms. The van der Waals surface area contributed by atoms with Crippen LogP contribution in [0.15, 0.2) is 23.6 Å². The van der Waals surface area contributed by atoms with E-state index in [9.17, 15) is 0 Å². The van der Waals surface area contributed by atoms with Crippen molar-refractivity contribution in [2.75, 3.05) is 43.9 Å². The summed E-state index contributed by atoms with van der Waals surface area (Å²) in [6.45, 7) is 5.98. The van der Waals surface area contributed by atoms with Crippen LogP contribution in [0.4, 0.5) is 5.82 Å². The van der Waals surface area contributed by atoms with Gasteiger partial charge in [-0.3, -0.25) is 4.90 Å². The lowest BCUT2D eigenvalue weighted by molar-refractivity contribution is 0.239. The fraction of sp³-hybridized carbons (Fsp3) is 0.647. The number of hydrogen-bond acceptors (Lipinski definition) is 7. The Balaban J connectivity index is 1.36. The third-order valence-electron chi connectivity index (χ3n) is 5.20. The molecule has 4 rings (SSSR count). The van der Waals surface area contributed by atoms with E-state index in [1.807, 2.05) is 0 Å². The summed E-state index contributed by atoms with van der Waals surface area (Å²) >= 11 is 1.64. The molecule has 1 aliphatic heterocycles. The first-order chi connectivity index (χ1) is 12.3. The van der Waals surface area contributed by atoms with E-state index in [-0.39, 0.29) is 0 Å². The van der Waals surface area contributed by atoms with Crippen LogP contribution < -0.4 is 4.90 Å². The second-order valence-corrected chi connectivity index (χ2v) is 7.49. The van der Waals surface area contributed by atoms with Crippen LogP contribution in [-0.2, 0) is 6.54 Å². The highest BCUT2D eigenvalue weighted by Gasteiger charge is 2.24. The molecule has 0 amide bonds. The summed E-state index contributed by atoms with van der Waals surface area (Å²) in [7, 11) is 0. The molecule has 1 saturated heterocycles. The molecule has 0 N–H and O–H groups in total. The topological polar surface area (TPSA) is 63.0 Å². The molecule has 25 heavy (non-hydrogen) atoms. The van der Waals surface area contributed by atoms with Crippen LogP contribution in [0.3, 0.4) is 0 Å². The summed E-state index contributed by atoms with van der Waals surface area (Å²) in [5.41, 5.74) is 1.24. The van der Waals surface area contributed by atoms with Crippen LogP contribution >= 0.6 is 11.8 Å². The Kier molecular flexibility index (Phi) is 5.17. The molecule has 2 aromatic heterocycles. The van der Waals surface area contributed by atoms with Gasteiger partial charge in [-0.05, 0) is 19.1 Å². The second-order valence-electron chi connectivity index (χ2n) is 6.72. The zero-order valence-electron chi connectivity index (χ0n) is 14.7. The maximum Gasteiger partial charge on any atom is 0.189 e. The first kappa shape index (κ1) is 16.8. The Morgan fingerprint density at radius 2 is 1.80 bits per heavy atom. The summed E-state index contributed by atoms with van der Waals surface area (Å²) in [4.78, 5) is 16.1. The van der Waals surface area contributed by atoms with Crippen molar-refractivity contribution in [1.29, 1.82) is 0 Å². The Labute approximate surface area is 152 Å². The zero-order valence-corrected chi connectivity index (χ0v) is 15.5. The Bertz CT molecular complexity index is 678. The number of anilines is 1. The van der Waals surface area contributed by atoms with Gasteiger partial charge in [-0.15, -0.1) is 0 Å². The first-order valence-corrected chi connectivity index (χ1v) is 10.3. The van der Waals surface area contributed by atoms with Gasteiger partial charge in [0, 0.05) is 44.7 Å². The molecule has 0 unspecified atom stereocenters. The van der Waals surface area contributed by atoms with E-state index < -0.39 is 0 Å². The van der Waals surface area contributed by atoms with Gasteiger partial charge < -0.3 is 4.90 Å². The second kappa shape index (κ2) is 7.70. The van der Waals surface area contributed by atoms with Crippen molar-refractivity contribution in [3.8, 4) is 0 Å². The summed E-state index contributed by atoms with van der Waals surface area (Å²) in [6, 6.07) is 2.23. The average molecular weight is 360 g/mol. The van der Waals surface area contributed by atoms with Gasteiger partial charge in [-0.2, -0.15) is 15.0 Å². The van der Waals surface area contributed by atoms with Gasteiger partial charge in [-0.1, -0.05) is 18.2 Å². The molecule has 2 fully saturated rings. The zero-order chi connectivity index (χ0) is 17.1. The molecule has 8 heteroatoms. The fourth-order valence-electron chi connectivity index (χ4n) is 3.39. The number of thioether (sulfide) groups is 1. The normalized spacial score (nSPS) is 19.2. The molecule has 1 saturated carbocycles. The van der Waals surface area contributed by atoms with Crippen LogP contribution in [-0.4, -0.2) is 68.8 Å². The standard InChI is InChI=1S/C17H25N7S/c1-25-17-20-15(14-3-2-4-14)13-16(21-17)23-10-7-22(8-11-23)9-12-24-18-5-6-19-24/h5-6,13-14H,2-4,7-12H2,1H3. The van der Waals surface area contributed by atoms with E-state index in [2.05, 4.69) is 32.3 Å². The molecule has 2 aromatic rings. The van der Waals surface area contributed by atoms with Crippen molar-refractivity contribution in [2.24, 2.45) is 0 Å². The molecule has 0 atom stereocenters. The third-order valence-corrected chi connectivity index (χ3v) is 5.74. The maximum absolute atomic E-state index is 4.76. The Morgan fingerprint density at radius 1 is 1.04 bits per heavy atom. The molecule has 134 valence electrons. The van der Waals surface area contributed by atoms with Crippen LogP contribution in [0, 0.1) is 0 Å². The van der Waals surface area contributed by atoms with Gasteiger partial charge in [-0.25, -0.2) is 9.97 Å². The summed E-state index contributed by atoms with van der Waals surface area (Å²) in [5.74, 6) is 1.75. The molecule has 2 aliphatic rings. The largest absolute Gasteiger partial charge is 0.354 e. The Morgan fingerprint density at radius 3 is 2.44 bits per heavy atom. The minimum Gasteiger partial charge on any atom is -0.354 e. The van der Waals surface area contributed by atoms with Crippen molar-refractivity contribution in [3.05, 3.63) is 24.2 Å². The first-order valence-electron chi connectivity index (χ1n) is 9.06. The number of piperazine rings is 1. The van der Waals surface area contributed by atoms with Gasteiger partial charge in [0.2, 0.25) is 0 Å². The van der Waals surface area contributed by atoms with Crippen molar-refractivity contribution in [3.63, 3.8) is 0 Å². The van der Waals surface area contributed by atoms with E-state index in [0.29, 0.717) is 5.92 Å². The van der Waals surface area contributed by atoms with Gasteiger partial charge in [0.25, 0.3) is 0 Å². The molecular weight excluding hydrogens is 334 g/mol. The summed E-state index contributed by atoms with van der Waals surface area (Å²) in [6.07, 6.45) is 9.42. The number of hydrogen-bond donors (Lipinski definition) is 0. The minimum absolute atomic E-state index is 0.649. The predicted octanol–water partition coefficient (Wildman–Crippen LogP) is 1.88. The van der Waals surface area contributed by atoms with Gasteiger partial charge in [0.05, 0.1) is 24.6 Å². The summed E-state index contributed by atoms with van der Waals surface area (Å²) in [5, 5.41) is 9.25. The SMILES string of the molecule is CSc1nc(C2CCC2)cc(N2CCN(CCn3nccn3)CC2)n1. The minimum atomic E-state index is 0.649. The molecule has 0 aromatic carbocycles. The highest BCUT2D eigenvalue weighted by Crippen LogP contribution is 2.37. The number of aromatic nitrogens is 5. The lowest BCUT2D eigenvalue weighted by atomic mass is 9.83.